The van der Waals surface area contributed by atoms with E-state index >= 15 is 0 Å². The van der Waals surface area contributed by atoms with Crippen LogP contribution >= 0.6 is 0 Å². The minimum Gasteiger partial charge on any atom is -0.461 e. The van der Waals surface area contributed by atoms with Crippen LogP contribution in [-0.4, -0.2) is 10.5 Å². The zero-order chi connectivity index (χ0) is 11.4. The maximum absolute atomic E-state index is 11.3. The SMILES string of the molecule is [N-]=[N+]=NC(=O)c1occc1Cn1cccc1. The number of aromatic nitrogens is 1. The van der Waals surface area contributed by atoms with E-state index in [-0.39, 0.29) is 5.76 Å². The number of carbonyl (C=O) groups excluding carboxylic acids is 1. The van der Waals surface area contributed by atoms with Crippen LogP contribution < -0.4 is 0 Å². The van der Waals surface area contributed by atoms with Gasteiger partial charge in [-0.1, -0.05) is 0 Å². The number of hydrogen-bond acceptors (Lipinski definition) is 2. The summed E-state index contributed by atoms with van der Waals surface area (Å²) in [6.07, 6.45) is 5.14. The molecule has 0 bridgehead atoms. The summed E-state index contributed by atoms with van der Waals surface area (Å²) in [6, 6.07) is 5.45. The molecule has 0 spiro atoms. The number of furan rings is 1. The highest BCUT2D eigenvalue weighted by Crippen LogP contribution is 2.13. The second kappa shape index (κ2) is 4.37. The van der Waals surface area contributed by atoms with Gasteiger partial charge in [0, 0.05) is 22.9 Å². The van der Waals surface area contributed by atoms with Gasteiger partial charge in [0.1, 0.15) is 0 Å². The Kier molecular flexibility index (Phi) is 2.75. The van der Waals surface area contributed by atoms with Crippen LogP contribution in [0.3, 0.4) is 0 Å². The lowest BCUT2D eigenvalue weighted by Gasteiger charge is -2.00. The van der Waals surface area contributed by atoms with Crippen molar-refractivity contribution in [3.63, 3.8) is 0 Å². The number of azide groups is 1. The molecule has 16 heavy (non-hydrogen) atoms. The predicted octanol–water partition coefficient (Wildman–Crippen LogP) is 2.58. The summed E-state index contributed by atoms with van der Waals surface area (Å²) in [5.74, 6) is -0.610. The van der Waals surface area contributed by atoms with Gasteiger partial charge in [-0.15, -0.1) is 0 Å². The fourth-order valence-corrected chi connectivity index (χ4v) is 1.41. The lowest BCUT2D eigenvalue weighted by atomic mass is 10.2. The van der Waals surface area contributed by atoms with E-state index in [2.05, 4.69) is 10.0 Å². The van der Waals surface area contributed by atoms with E-state index in [0.29, 0.717) is 12.1 Å². The van der Waals surface area contributed by atoms with E-state index in [9.17, 15) is 4.79 Å². The topological polar surface area (TPSA) is 83.9 Å². The number of amides is 1. The van der Waals surface area contributed by atoms with Crippen LogP contribution in [0, 0.1) is 0 Å². The van der Waals surface area contributed by atoms with Gasteiger partial charge < -0.3 is 8.98 Å². The lowest BCUT2D eigenvalue weighted by molar-refractivity contribution is 0.0972. The summed E-state index contributed by atoms with van der Waals surface area (Å²) in [4.78, 5) is 13.8. The molecule has 0 fully saturated rings. The van der Waals surface area contributed by atoms with E-state index < -0.39 is 5.91 Å². The number of rotatable bonds is 3. The molecule has 80 valence electrons. The molecule has 0 aliphatic heterocycles. The average molecular weight is 216 g/mol. The Morgan fingerprint density at radius 3 is 2.94 bits per heavy atom. The number of hydrogen-bond donors (Lipinski definition) is 0. The molecule has 6 nitrogen and oxygen atoms in total. The Bertz CT molecular complexity index is 535. The van der Waals surface area contributed by atoms with Crippen LogP contribution in [0.2, 0.25) is 0 Å². The van der Waals surface area contributed by atoms with Gasteiger partial charge in [-0.05, 0) is 28.8 Å². The molecule has 2 heterocycles. The normalized spacial score (nSPS) is 9.75. The summed E-state index contributed by atoms with van der Waals surface area (Å²) in [5, 5.41) is 3.00. The van der Waals surface area contributed by atoms with Crippen molar-refractivity contribution in [2.24, 2.45) is 5.11 Å². The summed E-state index contributed by atoms with van der Waals surface area (Å²) >= 11 is 0. The highest BCUT2D eigenvalue weighted by atomic mass is 16.3. The first-order valence-corrected chi connectivity index (χ1v) is 4.58. The molecule has 0 unspecified atom stereocenters. The number of nitrogens with zero attached hydrogens (tertiary/aromatic N) is 4. The molecule has 0 N–H and O–H groups in total. The van der Waals surface area contributed by atoms with Gasteiger partial charge in [0.25, 0.3) is 5.91 Å². The Labute approximate surface area is 90.7 Å². The molecule has 0 radical (unpaired) electrons. The highest BCUT2D eigenvalue weighted by Gasteiger charge is 2.13. The number of carbonyl (C=O) groups is 1. The van der Waals surface area contributed by atoms with Crippen molar-refractivity contribution in [2.75, 3.05) is 0 Å². The van der Waals surface area contributed by atoms with Gasteiger partial charge in [0.2, 0.25) is 0 Å². The van der Waals surface area contributed by atoms with Crippen LogP contribution in [0.1, 0.15) is 16.1 Å². The Hall–Kier alpha value is -2.46. The Balaban J connectivity index is 2.26. The van der Waals surface area contributed by atoms with E-state index in [1.807, 2.05) is 29.1 Å². The van der Waals surface area contributed by atoms with Crippen molar-refractivity contribution >= 4 is 5.91 Å². The molecule has 2 aromatic heterocycles. The van der Waals surface area contributed by atoms with Crippen LogP contribution in [-0.2, 0) is 6.54 Å². The Morgan fingerprint density at radius 2 is 2.25 bits per heavy atom. The van der Waals surface area contributed by atoms with Crippen LogP contribution in [0.5, 0.6) is 0 Å². The summed E-state index contributed by atoms with van der Waals surface area (Å²) in [5.41, 5.74) is 8.86. The molecule has 2 rings (SSSR count). The fraction of sp³-hybridized carbons (Fsp3) is 0.100. The smallest absolute Gasteiger partial charge is 0.284 e. The maximum atomic E-state index is 11.3. The average Bonchev–Trinajstić information content (AvgIpc) is 2.90. The van der Waals surface area contributed by atoms with Crippen molar-refractivity contribution in [3.05, 3.63) is 58.6 Å². The van der Waals surface area contributed by atoms with Crippen molar-refractivity contribution in [1.29, 1.82) is 0 Å². The minimum atomic E-state index is -0.699. The monoisotopic (exact) mass is 216 g/mol. The van der Waals surface area contributed by atoms with Gasteiger partial charge >= 0.3 is 0 Å². The molecule has 0 aromatic carbocycles. The molecule has 6 heteroatoms. The van der Waals surface area contributed by atoms with Crippen molar-refractivity contribution in [1.82, 2.24) is 4.57 Å². The summed E-state index contributed by atoms with van der Waals surface area (Å²) in [6.45, 7) is 0.505. The second-order valence-corrected chi connectivity index (χ2v) is 3.12. The molecule has 0 saturated carbocycles. The lowest BCUT2D eigenvalue weighted by Crippen LogP contribution is -2.01. The van der Waals surface area contributed by atoms with E-state index in [4.69, 9.17) is 9.95 Å². The van der Waals surface area contributed by atoms with E-state index in [1.54, 1.807) is 6.07 Å². The summed E-state index contributed by atoms with van der Waals surface area (Å²) in [7, 11) is 0. The van der Waals surface area contributed by atoms with Crippen LogP contribution in [0.25, 0.3) is 10.4 Å². The van der Waals surface area contributed by atoms with Gasteiger partial charge in [-0.2, -0.15) is 0 Å². The van der Waals surface area contributed by atoms with Gasteiger partial charge in [-0.3, -0.25) is 4.79 Å². The molecular weight excluding hydrogens is 208 g/mol. The Morgan fingerprint density at radius 1 is 1.50 bits per heavy atom. The highest BCUT2D eigenvalue weighted by molar-refractivity contribution is 5.93. The quantitative estimate of drug-likeness (QED) is 0.448. The third kappa shape index (κ3) is 1.97. The van der Waals surface area contributed by atoms with Crippen LogP contribution in [0.4, 0.5) is 0 Å². The first-order chi connectivity index (χ1) is 7.81. The largest absolute Gasteiger partial charge is 0.461 e. The third-order valence-electron chi connectivity index (χ3n) is 2.10. The van der Waals surface area contributed by atoms with Crippen molar-refractivity contribution in [2.45, 2.75) is 6.54 Å². The second-order valence-electron chi connectivity index (χ2n) is 3.12. The zero-order valence-electron chi connectivity index (χ0n) is 8.28. The first-order valence-electron chi connectivity index (χ1n) is 4.58. The van der Waals surface area contributed by atoms with Crippen molar-refractivity contribution in [3.8, 4) is 0 Å². The van der Waals surface area contributed by atoms with Crippen LogP contribution in [0.15, 0.2) is 46.4 Å². The molecule has 0 saturated heterocycles. The summed E-state index contributed by atoms with van der Waals surface area (Å²) < 4.78 is 6.89. The standard InChI is InChI=1S/C10H8N4O2/c11-13-12-10(15)9-8(3-6-16-9)7-14-4-1-2-5-14/h1-6H,7H2. The zero-order valence-corrected chi connectivity index (χ0v) is 8.28. The molecule has 0 aliphatic rings. The molecule has 2 aromatic rings. The minimum absolute atomic E-state index is 0.0894. The molecule has 1 amide bonds. The fourth-order valence-electron chi connectivity index (χ4n) is 1.41. The molecule has 0 atom stereocenters. The van der Waals surface area contributed by atoms with Gasteiger partial charge in [0.05, 0.1) is 12.8 Å². The maximum Gasteiger partial charge on any atom is 0.284 e. The third-order valence-corrected chi connectivity index (χ3v) is 2.10. The van der Waals surface area contributed by atoms with E-state index in [1.165, 1.54) is 6.26 Å². The van der Waals surface area contributed by atoms with Gasteiger partial charge in [-0.25, -0.2) is 0 Å². The first kappa shape index (κ1) is 10.1. The molecular formula is C10H8N4O2. The molecule has 0 aliphatic carbocycles. The van der Waals surface area contributed by atoms with Gasteiger partial charge in [0.15, 0.2) is 5.76 Å². The van der Waals surface area contributed by atoms with E-state index in [0.717, 1.165) is 0 Å². The predicted molar refractivity (Wildman–Crippen MR) is 55.7 cm³/mol. The van der Waals surface area contributed by atoms with Crippen molar-refractivity contribution < 1.29 is 9.21 Å².